The minimum atomic E-state index is -3.86. The summed E-state index contributed by atoms with van der Waals surface area (Å²) in [6, 6.07) is 11.1. The summed E-state index contributed by atoms with van der Waals surface area (Å²) in [6.07, 6.45) is 0.183. The second-order valence-electron chi connectivity index (χ2n) is 6.52. The fourth-order valence-corrected chi connectivity index (χ4v) is 5.80. The summed E-state index contributed by atoms with van der Waals surface area (Å²) >= 11 is 0. The van der Waals surface area contributed by atoms with Gasteiger partial charge in [0.25, 0.3) is 0 Å². The van der Waals surface area contributed by atoms with Gasteiger partial charge >= 0.3 is 0 Å². The van der Waals surface area contributed by atoms with Crippen molar-refractivity contribution in [2.45, 2.75) is 18.2 Å². The number of halogens is 1. The van der Waals surface area contributed by atoms with Crippen LogP contribution in [0.1, 0.15) is 12.5 Å². The number of sulfonamides is 2. The van der Waals surface area contributed by atoms with E-state index in [1.54, 1.807) is 18.2 Å². The van der Waals surface area contributed by atoms with Gasteiger partial charge in [0.05, 0.1) is 22.3 Å². The van der Waals surface area contributed by atoms with E-state index >= 15 is 0 Å². The summed E-state index contributed by atoms with van der Waals surface area (Å²) in [7, 11) is -7.61. The minimum absolute atomic E-state index is 0.00151. The zero-order valence-corrected chi connectivity index (χ0v) is 16.6. The van der Waals surface area contributed by atoms with Crippen LogP contribution in [-0.4, -0.2) is 35.0 Å². The molecule has 2 aromatic rings. The normalized spacial score (nSPS) is 19.1. The molecule has 2 aromatic carbocycles. The van der Waals surface area contributed by atoms with Crippen LogP contribution in [-0.2, 0) is 31.3 Å². The van der Waals surface area contributed by atoms with E-state index in [1.807, 2.05) is 0 Å². The van der Waals surface area contributed by atoms with Gasteiger partial charge in [0, 0.05) is 6.54 Å². The number of hydrogen-bond acceptors (Lipinski definition) is 5. The first-order valence-electron chi connectivity index (χ1n) is 8.52. The third-order valence-corrected chi connectivity index (χ3v) is 7.73. The van der Waals surface area contributed by atoms with Crippen molar-refractivity contribution in [2.24, 2.45) is 5.92 Å². The molecule has 1 fully saturated rings. The molecule has 0 spiro atoms. The minimum Gasteiger partial charge on any atom is -0.273 e. The van der Waals surface area contributed by atoms with Crippen LogP contribution in [0.4, 0.5) is 10.1 Å². The lowest BCUT2D eigenvalue weighted by molar-refractivity contribution is -0.119. The lowest BCUT2D eigenvalue weighted by atomic mass is 10.1. The van der Waals surface area contributed by atoms with E-state index < -0.39 is 37.7 Å². The quantitative estimate of drug-likeness (QED) is 0.757. The van der Waals surface area contributed by atoms with Crippen LogP contribution in [0.15, 0.2) is 53.4 Å². The Morgan fingerprint density at radius 3 is 2.36 bits per heavy atom. The van der Waals surface area contributed by atoms with Gasteiger partial charge in [-0.05, 0) is 42.3 Å². The van der Waals surface area contributed by atoms with Gasteiger partial charge < -0.3 is 0 Å². The second-order valence-corrected chi connectivity index (χ2v) is 10.1. The Morgan fingerprint density at radius 2 is 1.79 bits per heavy atom. The van der Waals surface area contributed by atoms with E-state index in [0.717, 1.165) is 0 Å². The first-order chi connectivity index (χ1) is 13.1. The molecule has 1 atom stereocenters. The zero-order valence-electron chi connectivity index (χ0n) is 15.0. The Kier molecular flexibility index (Phi) is 5.55. The Morgan fingerprint density at radius 1 is 1.14 bits per heavy atom. The highest BCUT2D eigenvalue weighted by Crippen LogP contribution is 2.28. The lowest BCUT2D eigenvalue weighted by Crippen LogP contribution is -2.30. The van der Waals surface area contributed by atoms with Gasteiger partial charge in [-0.15, -0.1) is 0 Å². The highest BCUT2D eigenvalue weighted by molar-refractivity contribution is 7.94. The molecular formula is C18H19FN2O5S2. The molecule has 1 heterocycles. The molecule has 10 heteroatoms. The van der Waals surface area contributed by atoms with Crippen LogP contribution in [0, 0.1) is 11.7 Å². The molecule has 1 N–H and O–H groups in total. The monoisotopic (exact) mass is 426 g/mol. The van der Waals surface area contributed by atoms with Crippen LogP contribution in [0.3, 0.4) is 0 Å². The average Bonchev–Trinajstić information content (AvgIpc) is 2.84. The molecule has 1 amide bonds. The Hall–Kier alpha value is -2.30. The van der Waals surface area contributed by atoms with Gasteiger partial charge in [-0.2, -0.15) is 0 Å². The lowest BCUT2D eigenvalue weighted by Gasteiger charge is -2.15. The maximum Gasteiger partial charge on any atom is 0.244 e. The average molecular weight is 426 g/mol. The molecule has 0 aromatic heterocycles. The van der Waals surface area contributed by atoms with Gasteiger partial charge in [-0.1, -0.05) is 25.1 Å². The third-order valence-electron chi connectivity index (χ3n) is 4.39. The first kappa shape index (κ1) is 20.4. The topological polar surface area (TPSA) is 101 Å². The summed E-state index contributed by atoms with van der Waals surface area (Å²) in [6.45, 7) is 1.53. The number of carbonyl (C=O) groups excluding carboxylic acids is 1. The molecule has 0 aliphatic carbocycles. The summed E-state index contributed by atoms with van der Waals surface area (Å²) in [4.78, 5) is 12.0. The maximum atomic E-state index is 13.6. The molecule has 0 unspecified atom stereocenters. The van der Waals surface area contributed by atoms with Crippen molar-refractivity contribution in [3.05, 3.63) is 59.9 Å². The molecule has 1 aliphatic rings. The largest absolute Gasteiger partial charge is 0.273 e. The molecule has 0 saturated carbocycles. The molecule has 0 radical (unpaired) electrons. The van der Waals surface area contributed by atoms with Gasteiger partial charge in [0.1, 0.15) is 5.82 Å². The number of anilines is 1. The summed E-state index contributed by atoms with van der Waals surface area (Å²) < 4.78 is 65.7. The van der Waals surface area contributed by atoms with E-state index in [9.17, 15) is 26.0 Å². The van der Waals surface area contributed by atoms with Crippen LogP contribution < -0.4 is 9.03 Å². The van der Waals surface area contributed by atoms with E-state index in [4.69, 9.17) is 0 Å². The highest BCUT2D eigenvalue weighted by Gasteiger charge is 2.41. The van der Waals surface area contributed by atoms with Crippen molar-refractivity contribution in [1.82, 2.24) is 4.72 Å². The molecular weight excluding hydrogens is 407 g/mol. The number of hydrogen-bond donors (Lipinski definition) is 1. The summed E-state index contributed by atoms with van der Waals surface area (Å²) in [5, 5.41) is 0. The van der Waals surface area contributed by atoms with E-state index in [2.05, 4.69) is 4.72 Å². The number of nitrogens with one attached hydrogen (secondary N) is 1. The van der Waals surface area contributed by atoms with Crippen molar-refractivity contribution >= 4 is 31.6 Å². The fraction of sp³-hybridized carbons (Fsp3) is 0.278. The van der Waals surface area contributed by atoms with E-state index in [0.29, 0.717) is 9.87 Å². The van der Waals surface area contributed by atoms with Crippen LogP contribution in [0.5, 0.6) is 0 Å². The zero-order chi connectivity index (χ0) is 20.5. The Balaban J connectivity index is 1.72. The van der Waals surface area contributed by atoms with Crippen molar-refractivity contribution in [1.29, 1.82) is 0 Å². The smallest absolute Gasteiger partial charge is 0.244 e. The van der Waals surface area contributed by atoms with Gasteiger partial charge in [-0.3, -0.25) is 4.79 Å². The fourth-order valence-electron chi connectivity index (χ4n) is 2.95. The number of amides is 1. The summed E-state index contributed by atoms with van der Waals surface area (Å²) in [5.74, 6) is -1.87. The maximum absolute atomic E-state index is 13.6. The number of nitrogens with zero attached hydrogens (tertiary/aromatic N) is 1. The molecule has 1 aliphatic heterocycles. The molecule has 1 saturated heterocycles. The predicted molar refractivity (Wildman–Crippen MR) is 102 cm³/mol. The van der Waals surface area contributed by atoms with Gasteiger partial charge in [-0.25, -0.2) is 30.3 Å². The number of carbonyl (C=O) groups is 1. The Bertz CT molecular complexity index is 1100. The van der Waals surface area contributed by atoms with Crippen molar-refractivity contribution in [3.63, 3.8) is 0 Å². The van der Waals surface area contributed by atoms with Gasteiger partial charge in [0.2, 0.25) is 26.0 Å². The molecule has 28 heavy (non-hydrogen) atoms. The van der Waals surface area contributed by atoms with Crippen LogP contribution >= 0.6 is 0 Å². The highest BCUT2D eigenvalue weighted by atomic mass is 32.2. The standard InChI is InChI=1S/C18H19FN2O5S2/c1-13-12-27(23,24)21(18(13)22)15-6-8-16(9-7-15)28(25,26)20-11-10-14-4-2-3-5-17(14)19/h2-9,13,20H,10-12H2,1H3/t13-/m1/s1. The number of benzene rings is 2. The SMILES string of the molecule is C[C@@H]1CS(=O)(=O)N(c2ccc(S(=O)(=O)NCCc3ccccc3F)cc2)C1=O. The van der Waals surface area contributed by atoms with E-state index in [1.165, 1.54) is 37.3 Å². The molecule has 7 nitrogen and oxygen atoms in total. The van der Waals surface area contributed by atoms with Crippen LogP contribution in [0.25, 0.3) is 0 Å². The number of rotatable bonds is 6. The molecule has 150 valence electrons. The predicted octanol–water partition coefficient (Wildman–Crippen LogP) is 1.66. The van der Waals surface area contributed by atoms with Crippen molar-refractivity contribution in [3.8, 4) is 0 Å². The second kappa shape index (κ2) is 7.61. The first-order valence-corrected chi connectivity index (χ1v) is 11.6. The third kappa shape index (κ3) is 4.08. The van der Waals surface area contributed by atoms with E-state index in [-0.39, 0.29) is 29.3 Å². The van der Waals surface area contributed by atoms with Gasteiger partial charge in [0.15, 0.2) is 0 Å². The van der Waals surface area contributed by atoms with Crippen molar-refractivity contribution < 1.29 is 26.0 Å². The molecule has 0 bridgehead atoms. The van der Waals surface area contributed by atoms with Crippen molar-refractivity contribution in [2.75, 3.05) is 16.6 Å². The molecule has 3 rings (SSSR count). The Labute approximate surface area is 163 Å². The van der Waals surface area contributed by atoms with Crippen LogP contribution in [0.2, 0.25) is 0 Å². The summed E-state index contributed by atoms with van der Waals surface area (Å²) in [5.41, 5.74) is 0.493.